The zero-order valence-corrected chi connectivity index (χ0v) is 6.67. The van der Waals surface area contributed by atoms with Gasteiger partial charge in [-0.1, -0.05) is 11.6 Å². The van der Waals surface area contributed by atoms with E-state index in [1.165, 1.54) is 0 Å². The number of carbonyl (C=O) groups excluding carboxylic acids is 1. The van der Waals surface area contributed by atoms with Crippen molar-refractivity contribution in [2.24, 2.45) is 0 Å². The molecule has 0 fully saturated rings. The third kappa shape index (κ3) is 4.90. The van der Waals surface area contributed by atoms with Gasteiger partial charge in [-0.05, 0) is 6.92 Å². The maximum atomic E-state index is 10.2. The summed E-state index contributed by atoms with van der Waals surface area (Å²) in [4.78, 5) is 26.4. The minimum absolute atomic E-state index is 0.648. The van der Waals surface area contributed by atoms with Crippen LogP contribution in [0.2, 0.25) is 0 Å². The van der Waals surface area contributed by atoms with E-state index in [2.05, 4.69) is 4.52 Å². The van der Waals surface area contributed by atoms with Gasteiger partial charge in [0.1, 0.15) is 0 Å². The summed E-state index contributed by atoms with van der Waals surface area (Å²) in [6.07, 6.45) is 0. The Kier molecular flexibility index (Phi) is 3.48. The number of Topliss-reactive ketones (excluding diaryl/α,β-unsaturated/α-hetero) is 1. The standard InChI is InChI=1S/C3H6ClO5P/c1-2(5)3(4)9-10(6,7)8/h3H,1H3,(H2,6,7,8). The van der Waals surface area contributed by atoms with Crippen LogP contribution >= 0.6 is 19.4 Å². The largest absolute Gasteiger partial charge is 0.471 e. The lowest BCUT2D eigenvalue weighted by Gasteiger charge is -2.06. The first kappa shape index (κ1) is 10.1. The third-order valence-electron chi connectivity index (χ3n) is 0.549. The van der Waals surface area contributed by atoms with E-state index in [1.54, 1.807) is 0 Å². The number of hydrogen-bond acceptors (Lipinski definition) is 3. The van der Waals surface area contributed by atoms with Crippen LogP contribution in [0.15, 0.2) is 0 Å². The van der Waals surface area contributed by atoms with Crippen molar-refractivity contribution in [3.63, 3.8) is 0 Å². The quantitative estimate of drug-likeness (QED) is 0.490. The Bertz CT molecular complexity index is 174. The number of carbonyl (C=O) groups is 1. The molecule has 0 aromatic rings. The molecule has 0 aliphatic carbocycles. The molecule has 1 atom stereocenters. The van der Waals surface area contributed by atoms with Gasteiger partial charge in [-0.2, -0.15) is 0 Å². The van der Waals surface area contributed by atoms with Gasteiger partial charge in [0.25, 0.3) is 0 Å². The summed E-state index contributed by atoms with van der Waals surface area (Å²) in [7, 11) is -4.63. The molecule has 0 saturated carbocycles. The minimum Gasteiger partial charge on any atom is -0.303 e. The zero-order valence-electron chi connectivity index (χ0n) is 5.02. The normalized spacial score (nSPS) is 14.8. The first-order valence-electron chi connectivity index (χ1n) is 2.21. The lowest BCUT2D eigenvalue weighted by atomic mass is 10.5. The Morgan fingerprint density at radius 1 is 1.70 bits per heavy atom. The molecule has 5 nitrogen and oxygen atoms in total. The van der Waals surface area contributed by atoms with Crippen LogP contribution in [-0.2, 0) is 13.9 Å². The van der Waals surface area contributed by atoms with Crippen molar-refractivity contribution in [1.82, 2.24) is 0 Å². The molecule has 0 bridgehead atoms. The molecule has 7 heteroatoms. The van der Waals surface area contributed by atoms with Gasteiger partial charge in [0.2, 0.25) is 5.56 Å². The predicted octanol–water partition coefficient (Wildman–Crippen LogP) is 0.250. The summed E-state index contributed by atoms with van der Waals surface area (Å²) in [6.45, 7) is 1.06. The van der Waals surface area contributed by atoms with E-state index < -0.39 is 19.2 Å². The van der Waals surface area contributed by atoms with E-state index in [-0.39, 0.29) is 0 Å². The number of phosphoric acid groups is 1. The van der Waals surface area contributed by atoms with Crippen LogP contribution < -0.4 is 0 Å². The first-order chi connectivity index (χ1) is 4.33. The van der Waals surface area contributed by atoms with Gasteiger partial charge in [0, 0.05) is 0 Å². The number of ketones is 1. The highest BCUT2D eigenvalue weighted by Crippen LogP contribution is 2.38. The van der Waals surface area contributed by atoms with Crippen molar-refractivity contribution in [1.29, 1.82) is 0 Å². The first-order valence-corrected chi connectivity index (χ1v) is 4.18. The highest BCUT2D eigenvalue weighted by Gasteiger charge is 2.22. The summed E-state index contributed by atoms with van der Waals surface area (Å²) < 4.78 is 13.8. The summed E-state index contributed by atoms with van der Waals surface area (Å²) in [5.41, 5.74) is -1.57. The smallest absolute Gasteiger partial charge is 0.303 e. The molecule has 0 aliphatic heterocycles. The van der Waals surface area contributed by atoms with Crippen molar-refractivity contribution in [3.05, 3.63) is 0 Å². The van der Waals surface area contributed by atoms with Crippen molar-refractivity contribution >= 4 is 25.2 Å². The van der Waals surface area contributed by atoms with Crippen molar-refractivity contribution < 1.29 is 23.7 Å². The van der Waals surface area contributed by atoms with Crippen LogP contribution in [0.3, 0.4) is 0 Å². The molecule has 0 radical (unpaired) electrons. The lowest BCUT2D eigenvalue weighted by Crippen LogP contribution is -2.12. The van der Waals surface area contributed by atoms with Gasteiger partial charge in [-0.3, -0.25) is 9.32 Å². The zero-order chi connectivity index (χ0) is 8.36. The molecule has 60 valence electrons. The number of hydrogen-bond donors (Lipinski definition) is 2. The van der Waals surface area contributed by atoms with E-state index in [4.69, 9.17) is 21.4 Å². The minimum atomic E-state index is -4.63. The number of rotatable bonds is 3. The topological polar surface area (TPSA) is 83.8 Å². The molecule has 2 N–H and O–H groups in total. The molecule has 0 saturated heterocycles. The average Bonchev–Trinajstić information content (AvgIpc) is 1.60. The summed E-state index contributed by atoms with van der Waals surface area (Å²) in [6, 6.07) is 0. The van der Waals surface area contributed by atoms with Gasteiger partial charge in [-0.15, -0.1) is 0 Å². The van der Waals surface area contributed by atoms with E-state index in [0.29, 0.717) is 0 Å². The molecule has 0 aromatic carbocycles. The fraction of sp³-hybridized carbons (Fsp3) is 0.667. The molecule has 10 heavy (non-hydrogen) atoms. The van der Waals surface area contributed by atoms with Crippen LogP contribution in [0.4, 0.5) is 0 Å². The van der Waals surface area contributed by atoms with Crippen LogP contribution in [0.5, 0.6) is 0 Å². The summed E-state index contributed by atoms with van der Waals surface area (Å²) in [5, 5.41) is 0. The van der Waals surface area contributed by atoms with Crippen molar-refractivity contribution in [2.75, 3.05) is 0 Å². The molecule has 0 aliphatic rings. The van der Waals surface area contributed by atoms with Gasteiger partial charge in [0.05, 0.1) is 0 Å². The lowest BCUT2D eigenvalue weighted by molar-refractivity contribution is -0.121. The van der Waals surface area contributed by atoms with Gasteiger partial charge in [0.15, 0.2) is 5.78 Å². The summed E-state index contributed by atoms with van der Waals surface area (Å²) >= 11 is 5.04. The fourth-order valence-corrected chi connectivity index (χ4v) is 0.896. The maximum Gasteiger partial charge on any atom is 0.471 e. The molecule has 0 amide bonds. The Labute approximate surface area is 62.2 Å². The molecular weight excluding hydrogens is 182 g/mol. The van der Waals surface area contributed by atoms with Crippen LogP contribution in [0.25, 0.3) is 0 Å². The van der Waals surface area contributed by atoms with Gasteiger partial charge < -0.3 is 9.79 Å². The molecule has 0 aromatic heterocycles. The summed E-state index contributed by atoms with van der Waals surface area (Å²) in [5.74, 6) is -0.648. The number of phosphoric ester groups is 1. The van der Waals surface area contributed by atoms with Crippen LogP contribution in [0, 0.1) is 0 Å². The van der Waals surface area contributed by atoms with Gasteiger partial charge in [-0.25, -0.2) is 4.57 Å². The van der Waals surface area contributed by atoms with Crippen molar-refractivity contribution in [3.8, 4) is 0 Å². The Morgan fingerprint density at radius 3 is 2.20 bits per heavy atom. The monoisotopic (exact) mass is 188 g/mol. The number of halogens is 1. The van der Waals surface area contributed by atoms with Crippen LogP contribution in [-0.4, -0.2) is 21.1 Å². The van der Waals surface area contributed by atoms with Gasteiger partial charge >= 0.3 is 7.82 Å². The van der Waals surface area contributed by atoms with E-state index in [1.807, 2.05) is 0 Å². The highest BCUT2D eigenvalue weighted by atomic mass is 35.5. The highest BCUT2D eigenvalue weighted by molar-refractivity contribution is 7.46. The molecule has 0 spiro atoms. The van der Waals surface area contributed by atoms with Crippen LogP contribution in [0.1, 0.15) is 6.92 Å². The van der Waals surface area contributed by atoms with E-state index in [0.717, 1.165) is 6.92 Å². The molecule has 0 rings (SSSR count). The Balaban J connectivity index is 3.93. The number of alkyl halides is 1. The SMILES string of the molecule is CC(=O)C(Cl)OP(=O)(O)O. The predicted molar refractivity (Wildman–Crippen MR) is 33.5 cm³/mol. The maximum absolute atomic E-state index is 10.2. The Morgan fingerprint density at radius 2 is 2.10 bits per heavy atom. The molecule has 1 unspecified atom stereocenters. The van der Waals surface area contributed by atoms with E-state index >= 15 is 0 Å². The average molecular weight is 189 g/mol. The fourth-order valence-electron chi connectivity index (χ4n) is 0.195. The second kappa shape index (κ2) is 3.46. The second-order valence-electron chi connectivity index (χ2n) is 1.52. The Hall–Kier alpha value is 0.0700. The van der Waals surface area contributed by atoms with E-state index in [9.17, 15) is 9.36 Å². The van der Waals surface area contributed by atoms with Crippen molar-refractivity contribution in [2.45, 2.75) is 12.5 Å². The molecular formula is C3H6ClO5P. The third-order valence-corrected chi connectivity index (χ3v) is 1.56. The second-order valence-corrected chi connectivity index (χ2v) is 3.11. The molecule has 0 heterocycles.